The summed E-state index contributed by atoms with van der Waals surface area (Å²) in [6, 6.07) is 0. The van der Waals surface area contributed by atoms with Crippen LogP contribution in [0.25, 0.3) is 0 Å². The third-order valence-electron chi connectivity index (χ3n) is 3.19. The molecular weight excluding hydrogens is 284 g/mol. The molecule has 0 saturated carbocycles. The summed E-state index contributed by atoms with van der Waals surface area (Å²) >= 11 is 3.44. The highest BCUT2D eigenvalue weighted by molar-refractivity contribution is 9.09. The molecule has 1 aromatic heterocycles. The Morgan fingerprint density at radius 1 is 1.59 bits per heavy atom. The van der Waals surface area contributed by atoms with Gasteiger partial charge in [-0.2, -0.15) is 0 Å². The van der Waals surface area contributed by atoms with Gasteiger partial charge in [-0.05, 0) is 25.7 Å². The van der Waals surface area contributed by atoms with E-state index < -0.39 is 0 Å². The summed E-state index contributed by atoms with van der Waals surface area (Å²) in [4.78, 5) is 18.2. The van der Waals surface area contributed by atoms with Crippen molar-refractivity contribution in [3.05, 3.63) is 17.3 Å². The maximum atomic E-state index is 12.2. The Morgan fingerprint density at radius 3 is 2.94 bits per heavy atom. The molecule has 1 aliphatic rings. The van der Waals surface area contributed by atoms with Crippen molar-refractivity contribution >= 4 is 21.8 Å². The normalized spacial score (nSPS) is 19.9. The molecule has 0 radical (unpaired) electrons. The number of nitrogens with zero attached hydrogens (tertiary/aromatic N) is 2. The van der Waals surface area contributed by atoms with Crippen LogP contribution < -0.4 is 0 Å². The van der Waals surface area contributed by atoms with E-state index >= 15 is 0 Å². The fourth-order valence-corrected chi connectivity index (χ4v) is 2.93. The third-order valence-corrected chi connectivity index (χ3v) is 3.65. The van der Waals surface area contributed by atoms with E-state index in [1.54, 1.807) is 6.92 Å². The van der Waals surface area contributed by atoms with Crippen molar-refractivity contribution in [1.29, 1.82) is 0 Å². The lowest BCUT2D eigenvalue weighted by Gasteiger charge is -2.14. The lowest BCUT2D eigenvalue weighted by molar-refractivity contribution is 0.0753. The molecule has 1 unspecified atom stereocenters. The molecule has 5 heteroatoms. The lowest BCUT2D eigenvalue weighted by Crippen LogP contribution is -2.29. The van der Waals surface area contributed by atoms with E-state index in [0.29, 0.717) is 23.3 Å². The molecule has 1 atom stereocenters. The van der Waals surface area contributed by atoms with Crippen molar-refractivity contribution in [2.24, 2.45) is 5.92 Å². The van der Waals surface area contributed by atoms with Gasteiger partial charge in [-0.15, -0.1) is 0 Å². The number of aryl methyl sites for hydroxylation is 2. The second-order valence-electron chi connectivity index (χ2n) is 4.53. The number of rotatable bonds is 3. The Morgan fingerprint density at radius 2 is 2.35 bits per heavy atom. The molecule has 1 aromatic rings. The molecule has 0 spiro atoms. The molecule has 1 aliphatic heterocycles. The van der Waals surface area contributed by atoms with E-state index in [0.717, 1.165) is 31.3 Å². The zero-order chi connectivity index (χ0) is 12.4. The number of likely N-dealkylation sites (tertiary alicyclic amines) is 1. The van der Waals surface area contributed by atoms with Crippen molar-refractivity contribution in [1.82, 2.24) is 9.88 Å². The topological polar surface area (TPSA) is 46.3 Å². The molecule has 0 aromatic carbocycles. The van der Waals surface area contributed by atoms with Gasteiger partial charge in [0.1, 0.15) is 0 Å². The Balaban J connectivity index is 2.04. The number of hydrogen-bond donors (Lipinski definition) is 0. The Labute approximate surface area is 110 Å². The van der Waals surface area contributed by atoms with Crippen molar-refractivity contribution in [2.45, 2.75) is 26.7 Å². The first kappa shape index (κ1) is 12.6. The van der Waals surface area contributed by atoms with E-state index in [4.69, 9.17) is 4.42 Å². The highest BCUT2D eigenvalue weighted by Gasteiger charge is 2.29. The van der Waals surface area contributed by atoms with Gasteiger partial charge < -0.3 is 9.32 Å². The van der Waals surface area contributed by atoms with Crippen LogP contribution in [0.1, 0.15) is 35.0 Å². The third kappa shape index (κ3) is 2.70. The smallest absolute Gasteiger partial charge is 0.291 e. The van der Waals surface area contributed by atoms with Gasteiger partial charge in [0.15, 0.2) is 5.89 Å². The van der Waals surface area contributed by atoms with E-state index in [1.807, 2.05) is 11.8 Å². The first-order valence-corrected chi connectivity index (χ1v) is 7.03. The summed E-state index contributed by atoms with van der Waals surface area (Å²) in [6.45, 7) is 5.25. The van der Waals surface area contributed by atoms with Gasteiger partial charge in [0.2, 0.25) is 5.76 Å². The molecule has 0 aliphatic carbocycles. The predicted molar refractivity (Wildman–Crippen MR) is 68.4 cm³/mol. The molecular formula is C12H17BrN2O2. The lowest BCUT2D eigenvalue weighted by atomic mass is 10.1. The van der Waals surface area contributed by atoms with Crippen LogP contribution in [0, 0.1) is 19.8 Å². The minimum Gasteiger partial charge on any atom is -0.436 e. The van der Waals surface area contributed by atoms with Gasteiger partial charge in [-0.1, -0.05) is 15.9 Å². The van der Waals surface area contributed by atoms with Gasteiger partial charge in [-0.3, -0.25) is 4.79 Å². The Bertz CT molecular complexity index is 417. The fourth-order valence-electron chi connectivity index (χ4n) is 2.28. The number of amides is 1. The number of hydrogen-bond acceptors (Lipinski definition) is 3. The standard InChI is InChI=1S/C12H17BrN2O2/c1-8-11(17-9(2)14-8)12(16)15-6-4-10(7-15)3-5-13/h10H,3-7H2,1-2H3. The SMILES string of the molecule is Cc1nc(C)c(C(=O)N2CCC(CCBr)C2)o1. The highest BCUT2D eigenvalue weighted by atomic mass is 79.9. The minimum atomic E-state index is -0.0137. The molecule has 17 heavy (non-hydrogen) atoms. The average molecular weight is 301 g/mol. The van der Waals surface area contributed by atoms with Crippen LogP contribution in [0.15, 0.2) is 4.42 Å². The molecule has 1 fully saturated rings. The number of oxazole rings is 1. The van der Waals surface area contributed by atoms with Gasteiger partial charge in [0.05, 0.1) is 5.69 Å². The van der Waals surface area contributed by atoms with E-state index in [2.05, 4.69) is 20.9 Å². The van der Waals surface area contributed by atoms with Crippen LogP contribution >= 0.6 is 15.9 Å². The largest absolute Gasteiger partial charge is 0.436 e. The second-order valence-corrected chi connectivity index (χ2v) is 5.32. The zero-order valence-electron chi connectivity index (χ0n) is 10.2. The number of carbonyl (C=O) groups excluding carboxylic acids is 1. The van der Waals surface area contributed by atoms with Crippen LogP contribution in [0.4, 0.5) is 0 Å². The van der Waals surface area contributed by atoms with Gasteiger partial charge in [-0.25, -0.2) is 4.98 Å². The first-order valence-electron chi connectivity index (χ1n) is 5.91. The second kappa shape index (κ2) is 5.21. The molecule has 2 heterocycles. The number of aromatic nitrogens is 1. The zero-order valence-corrected chi connectivity index (χ0v) is 11.8. The van der Waals surface area contributed by atoms with Crippen LogP contribution in [0.3, 0.4) is 0 Å². The number of carbonyl (C=O) groups is 1. The molecule has 4 nitrogen and oxygen atoms in total. The summed E-state index contributed by atoms with van der Waals surface area (Å²) in [6.07, 6.45) is 2.21. The maximum Gasteiger partial charge on any atom is 0.291 e. The maximum absolute atomic E-state index is 12.2. The quantitative estimate of drug-likeness (QED) is 0.806. The average Bonchev–Trinajstić information content (AvgIpc) is 2.85. The number of halogens is 1. The molecule has 94 valence electrons. The van der Waals surface area contributed by atoms with Crippen LogP contribution in [0.5, 0.6) is 0 Å². The van der Waals surface area contributed by atoms with Crippen LogP contribution in [-0.2, 0) is 0 Å². The van der Waals surface area contributed by atoms with E-state index in [-0.39, 0.29) is 5.91 Å². The number of alkyl halides is 1. The summed E-state index contributed by atoms with van der Waals surface area (Å²) in [5, 5.41) is 1.00. The van der Waals surface area contributed by atoms with Crippen LogP contribution in [0.2, 0.25) is 0 Å². The first-order chi connectivity index (χ1) is 8.11. The summed E-state index contributed by atoms with van der Waals surface area (Å²) in [7, 11) is 0. The molecule has 1 amide bonds. The van der Waals surface area contributed by atoms with Gasteiger partial charge in [0.25, 0.3) is 5.91 Å². The van der Waals surface area contributed by atoms with Gasteiger partial charge >= 0.3 is 0 Å². The van der Waals surface area contributed by atoms with E-state index in [9.17, 15) is 4.79 Å². The monoisotopic (exact) mass is 300 g/mol. The van der Waals surface area contributed by atoms with Crippen molar-refractivity contribution in [3.63, 3.8) is 0 Å². The summed E-state index contributed by atoms with van der Waals surface area (Å²) < 4.78 is 5.37. The fraction of sp³-hybridized carbons (Fsp3) is 0.667. The van der Waals surface area contributed by atoms with E-state index in [1.165, 1.54) is 0 Å². The van der Waals surface area contributed by atoms with Gasteiger partial charge in [0, 0.05) is 25.3 Å². The van der Waals surface area contributed by atoms with Crippen molar-refractivity contribution in [2.75, 3.05) is 18.4 Å². The van der Waals surface area contributed by atoms with Crippen molar-refractivity contribution in [3.8, 4) is 0 Å². The summed E-state index contributed by atoms with van der Waals surface area (Å²) in [5.74, 6) is 1.56. The Hall–Kier alpha value is -0.840. The predicted octanol–water partition coefficient (Wildman–Crippen LogP) is 2.54. The molecule has 1 saturated heterocycles. The summed E-state index contributed by atoms with van der Waals surface area (Å²) in [5.41, 5.74) is 0.691. The van der Waals surface area contributed by atoms with Crippen LogP contribution in [-0.4, -0.2) is 34.2 Å². The molecule has 2 rings (SSSR count). The Kier molecular flexibility index (Phi) is 3.86. The van der Waals surface area contributed by atoms with Crippen molar-refractivity contribution < 1.29 is 9.21 Å². The molecule has 0 N–H and O–H groups in total. The molecule has 0 bridgehead atoms. The highest BCUT2D eigenvalue weighted by Crippen LogP contribution is 2.23. The minimum absolute atomic E-state index is 0.0137.